The molecule has 0 atom stereocenters. The number of pyridine rings is 1. The smallest absolute Gasteiger partial charge is 0.221 e. The van der Waals surface area contributed by atoms with Gasteiger partial charge in [0.05, 0.1) is 0 Å². The molecule has 1 heterocycles. The van der Waals surface area contributed by atoms with E-state index < -0.39 is 5.82 Å². The van der Waals surface area contributed by atoms with Crippen molar-refractivity contribution in [3.8, 4) is 17.7 Å². The van der Waals surface area contributed by atoms with Gasteiger partial charge in [0.2, 0.25) is 5.88 Å². The Balaban J connectivity index is 2.37. The first-order valence-corrected chi connectivity index (χ1v) is 5.20. The van der Waals surface area contributed by atoms with Crippen molar-refractivity contribution in [1.82, 2.24) is 4.98 Å². The zero-order valence-corrected chi connectivity index (χ0v) is 9.64. The van der Waals surface area contributed by atoms with Crippen molar-refractivity contribution in [3.63, 3.8) is 0 Å². The van der Waals surface area contributed by atoms with Crippen molar-refractivity contribution in [1.29, 1.82) is 5.26 Å². The minimum absolute atomic E-state index is 0.119. The lowest BCUT2D eigenvalue weighted by Crippen LogP contribution is -1.96. The third-order valence-electron chi connectivity index (χ3n) is 2.42. The van der Waals surface area contributed by atoms with Gasteiger partial charge >= 0.3 is 0 Å². The number of nitriles is 1. The topological polar surface area (TPSA) is 71.9 Å². The Morgan fingerprint density at radius 3 is 2.89 bits per heavy atom. The summed E-state index contributed by atoms with van der Waals surface area (Å²) in [6, 6.07) is 7.44. The second kappa shape index (κ2) is 4.72. The third-order valence-corrected chi connectivity index (χ3v) is 2.42. The van der Waals surface area contributed by atoms with Crippen molar-refractivity contribution in [3.05, 3.63) is 47.4 Å². The number of halogens is 1. The summed E-state index contributed by atoms with van der Waals surface area (Å²) in [6.07, 6.45) is 1.55. The summed E-state index contributed by atoms with van der Waals surface area (Å²) in [5.41, 5.74) is 6.91. The van der Waals surface area contributed by atoms with E-state index in [2.05, 4.69) is 4.98 Å². The van der Waals surface area contributed by atoms with Crippen molar-refractivity contribution in [2.24, 2.45) is 0 Å². The molecular formula is C13H10FN3O. The van der Waals surface area contributed by atoms with Crippen LogP contribution in [0.3, 0.4) is 0 Å². The first-order valence-electron chi connectivity index (χ1n) is 5.20. The Kier molecular flexibility index (Phi) is 3.11. The van der Waals surface area contributed by atoms with Gasteiger partial charge in [-0.1, -0.05) is 6.07 Å². The van der Waals surface area contributed by atoms with Gasteiger partial charge in [-0.2, -0.15) is 5.26 Å². The minimum atomic E-state index is -0.630. The van der Waals surface area contributed by atoms with Crippen LogP contribution >= 0.6 is 0 Å². The lowest BCUT2D eigenvalue weighted by molar-refractivity contribution is 0.456. The van der Waals surface area contributed by atoms with E-state index in [9.17, 15) is 4.39 Å². The van der Waals surface area contributed by atoms with Gasteiger partial charge in [-0.25, -0.2) is 9.37 Å². The van der Waals surface area contributed by atoms with Crippen LogP contribution in [0, 0.1) is 24.1 Å². The maximum absolute atomic E-state index is 13.3. The van der Waals surface area contributed by atoms with Crippen molar-refractivity contribution in [2.45, 2.75) is 6.92 Å². The van der Waals surface area contributed by atoms with E-state index in [1.807, 2.05) is 6.92 Å². The molecule has 0 saturated carbocycles. The summed E-state index contributed by atoms with van der Waals surface area (Å²) >= 11 is 0. The number of nitrogens with two attached hydrogens (primary N) is 1. The van der Waals surface area contributed by atoms with Crippen LogP contribution in [0.15, 0.2) is 30.5 Å². The van der Waals surface area contributed by atoms with Crippen LogP contribution in [0.25, 0.3) is 0 Å². The molecule has 2 N–H and O–H groups in total. The van der Waals surface area contributed by atoms with Crippen LogP contribution in [-0.2, 0) is 0 Å². The Morgan fingerprint density at radius 2 is 2.22 bits per heavy atom. The number of ether oxygens (including phenoxy) is 1. The maximum atomic E-state index is 13.3. The number of hydrogen-bond donors (Lipinski definition) is 1. The zero-order chi connectivity index (χ0) is 13.1. The molecule has 18 heavy (non-hydrogen) atoms. The van der Waals surface area contributed by atoms with E-state index in [0.29, 0.717) is 5.69 Å². The van der Waals surface area contributed by atoms with E-state index in [0.717, 1.165) is 5.56 Å². The lowest BCUT2D eigenvalue weighted by Gasteiger charge is -2.08. The molecule has 90 valence electrons. The second-order valence-electron chi connectivity index (χ2n) is 3.71. The SMILES string of the molecule is Cc1cnc(Oc2cccc(F)c2C#N)cc1N. The Morgan fingerprint density at radius 1 is 1.44 bits per heavy atom. The highest BCUT2D eigenvalue weighted by Crippen LogP contribution is 2.26. The predicted octanol–water partition coefficient (Wildman–Crippen LogP) is 2.78. The fourth-order valence-electron chi connectivity index (χ4n) is 1.39. The quantitative estimate of drug-likeness (QED) is 0.880. The molecule has 4 nitrogen and oxygen atoms in total. The molecule has 0 aliphatic heterocycles. The average molecular weight is 243 g/mol. The lowest BCUT2D eigenvalue weighted by atomic mass is 10.2. The molecule has 1 aromatic heterocycles. The van der Waals surface area contributed by atoms with Gasteiger partial charge in [-0.15, -0.1) is 0 Å². The molecule has 0 radical (unpaired) electrons. The Bertz CT molecular complexity index is 635. The van der Waals surface area contributed by atoms with Gasteiger partial charge < -0.3 is 10.5 Å². The first-order chi connectivity index (χ1) is 8.61. The third kappa shape index (κ3) is 2.23. The molecule has 0 bridgehead atoms. The number of hydrogen-bond acceptors (Lipinski definition) is 4. The standard InChI is InChI=1S/C13H10FN3O/c1-8-7-17-13(5-11(8)16)18-12-4-2-3-10(14)9(12)6-15/h2-5,7H,1H3,(H2,16,17). The molecule has 0 amide bonds. The average Bonchev–Trinajstić information content (AvgIpc) is 2.34. The summed E-state index contributed by atoms with van der Waals surface area (Å²) < 4.78 is 18.7. The summed E-state index contributed by atoms with van der Waals surface area (Å²) in [5, 5.41) is 8.86. The van der Waals surface area contributed by atoms with Crippen LogP contribution in [0.1, 0.15) is 11.1 Å². The molecular weight excluding hydrogens is 233 g/mol. The van der Waals surface area contributed by atoms with Gasteiger partial charge in [-0.3, -0.25) is 0 Å². The highest BCUT2D eigenvalue weighted by molar-refractivity contribution is 5.50. The fraction of sp³-hybridized carbons (Fsp3) is 0.0769. The number of nitrogens with zero attached hydrogens (tertiary/aromatic N) is 2. The van der Waals surface area contributed by atoms with Crippen LogP contribution in [0.4, 0.5) is 10.1 Å². The monoisotopic (exact) mass is 243 g/mol. The molecule has 0 spiro atoms. The normalized spacial score (nSPS) is 9.83. The summed E-state index contributed by atoms with van der Waals surface area (Å²) in [4.78, 5) is 4.01. The minimum Gasteiger partial charge on any atom is -0.437 e. The van der Waals surface area contributed by atoms with E-state index in [1.165, 1.54) is 24.3 Å². The Hall–Kier alpha value is -2.61. The van der Waals surface area contributed by atoms with Crippen LogP contribution in [0.2, 0.25) is 0 Å². The Labute approximate surface area is 103 Å². The van der Waals surface area contributed by atoms with E-state index in [-0.39, 0.29) is 17.2 Å². The summed E-state index contributed by atoms with van der Waals surface area (Å²) in [5.74, 6) is -0.288. The number of aryl methyl sites for hydroxylation is 1. The highest BCUT2D eigenvalue weighted by atomic mass is 19.1. The van der Waals surface area contributed by atoms with Crippen molar-refractivity contribution >= 4 is 5.69 Å². The largest absolute Gasteiger partial charge is 0.437 e. The summed E-state index contributed by atoms with van der Waals surface area (Å²) in [7, 11) is 0. The predicted molar refractivity (Wildman–Crippen MR) is 64.6 cm³/mol. The van der Waals surface area contributed by atoms with Crippen molar-refractivity contribution in [2.75, 3.05) is 5.73 Å². The molecule has 0 unspecified atom stereocenters. The molecule has 0 saturated heterocycles. The highest BCUT2D eigenvalue weighted by Gasteiger charge is 2.10. The van der Waals surface area contributed by atoms with Crippen molar-refractivity contribution < 1.29 is 9.13 Å². The number of benzene rings is 1. The van der Waals surface area contributed by atoms with Crippen LogP contribution in [0.5, 0.6) is 11.6 Å². The molecule has 5 heteroatoms. The molecule has 2 rings (SSSR count). The summed E-state index contributed by atoms with van der Waals surface area (Å²) in [6.45, 7) is 1.81. The molecule has 0 aliphatic carbocycles. The van der Waals surface area contributed by atoms with Crippen LogP contribution in [-0.4, -0.2) is 4.98 Å². The number of rotatable bonds is 2. The van der Waals surface area contributed by atoms with Gasteiger partial charge in [0.1, 0.15) is 23.2 Å². The van der Waals surface area contributed by atoms with E-state index in [1.54, 1.807) is 12.3 Å². The molecule has 1 aromatic carbocycles. The number of nitrogen functional groups attached to an aromatic ring is 1. The van der Waals surface area contributed by atoms with E-state index >= 15 is 0 Å². The van der Waals surface area contributed by atoms with Crippen LogP contribution < -0.4 is 10.5 Å². The van der Waals surface area contributed by atoms with Gasteiger partial charge in [0.15, 0.2) is 0 Å². The first kappa shape index (κ1) is 11.9. The fourth-order valence-corrected chi connectivity index (χ4v) is 1.39. The maximum Gasteiger partial charge on any atom is 0.221 e. The molecule has 0 aliphatic rings. The molecule has 0 fully saturated rings. The zero-order valence-electron chi connectivity index (χ0n) is 9.64. The van der Waals surface area contributed by atoms with Gasteiger partial charge in [0.25, 0.3) is 0 Å². The van der Waals surface area contributed by atoms with Gasteiger partial charge in [0, 0.05) is 18.0 Å². The second-order valence-corrected chi connectivity index (χ2v) is 3.71. The van der Waals surface area contributed by atoms with E-state index in [4.69, 9.17) is 15.7 Å². The van der Waals surface area contributed by atoms with Gasteiger partial charge in [-0.05, 0) is 24.6 Å². The number of aromatic nitrogens is 1. The number of anilines is 1. The molecule has 2 aromatic rings.